The van der Waals surface area contributed by atoms with Gasteiger partial charge in [-0.25, -0.2) is 0 Å². The normalized spacial score (nSPS) is 12.8. The molecule has 0 rings (SSSR count). The minimum Gasteiger partial charge on any atom is -0.303 e. The fourth-order valence-electron chi connectivity index (χ4n) is 2.30. The molecule has 0 saturated carbocycles. The van der Waals surface area contributed by atoms with E-state index in [2.05, 4.69) is 6.92 Å². The molecule has 0 fully saturated rings. The number of allylic oxidation sites excluding steroid dienone is 7. The van der Waals surface area contributed by atoms with Crippen LogP contribution in [0.1, 0.15) is 71.1 Å². The van der Waals surface area contributed by atoms with Crippen LogP contribution in [0.5, 0.6) is 0 Å². The van der Waals surface area contributed by atoms with Crippen LogP contribution in [-0.4, -0.2) is 16.1 Å². The summed E-state index contributed by atoms with van der Waals surface area (Å²) in [7, 11) is 0. The fourth-order valence-corrected chi connectivity index (χ4v) is 2.30. The topological polar surface area (TPSA) is 103 Å². The lowest BCUT2D eigenvalue weighted by atomic mass is 10.1. The number of hydrogen-bond acceptors (Lipinski definition) is 5. The van der Waals surface area contributed by atoms with Gasteiger partial charge >= 0.3 is 0 Å². The molecule has 0 aromatic rings. The summed E-state index contributed by atoms with van der Waals surface area (Å²) < 4.78 is 0. The van der Waals surface area contributed by atoms with Crippen LogP contribution in [0, 0.1) is 20.2 Å². The number of carbonyl (C=O) groups excluding carboxylic acids is 1. The first kappa shape index (κ1) is 24.4. The van der Waals surface area contributed by atoms with E-state index >= 15 is 0 Å². The van der Waals surface area contributed by atoms with E-state index in [1.54, 1.807) is 18.2 Å². The van der Waals surface area contributed by atoms with E-state index in [1.165, 1.54) is 6.08 Å². The standard InChI is InChI=1S/C20H30N2O5/c1-2-3-4-5-6-9-14-19(21(24)25)15-10-7-8-11-16-20(22(26)27)17-12-13-18-23/h6-9,15-16,18H,2-5,10-14,17H2,1H3/b8-7+,9-6+,19-15-,20-16-. The van der Waals surface area contributed by atoms with Crippen molar-refractivity contribution in [1.82, 2.24) is 0 Å². The summed E-state index contributed by atoms with van der Waals surface area (Å²) in [6, 6.07) is 0. The highest BCUT2D eigenvalue weighted by Crippen LogP contribution is 2.10. The second kappa shape index (κ2) is 16.9. The van der Waals surface area contributed by atoms with Gasteiger partial charge < -0.3 is 4.79 Å². The van der Waals surface area contributed by atoms with Gasteiger partial charge in [-0.3, -0.25) is 20.2 Å². The zero-order valence-corrected chi connectivity index (χ0v) is 16.0. The second-order valence-corrected chi connectivity index (χ2v) is 6.08. The van der Waals surface area contributed by atoms with Crippen LogP contribution in [0.2, 0.25) is 0 Å². The predicted octanol–water partition coefficient (Wildman–Crippen LogP) is 5.54. The number of unbranched alkanes of at least 4 members (excludes halogenated alkanes) is 4. The second-order valence-electron chi connectivity index (χ2n) is 6.08. The van der Waals surface area contributed by atoms with E-state index in [9.17, 15) is 25.0 Å². The third kappa shape index (κ3) is 14.3. The van der Waals surface area contributed by atoms with Crippen LogP contribution in [0.25, 0.3) is 0 Å². The summed E-state index contributed by atoms with van der Waals surface area (Å²) in [5, 5.41) is 21.9. The molecule has 0 amide bonds. The molecule has 0 saturated heterocycles. The molecule has 150 valence electrons. The van der Waals surface area contributed by atoms with Gasteiger partial charge in [0, 0.05) is 12.8 Å². The number of nitrogens with zero attached hydrogens (tertiary/aromatic N) is 2. The number of nitro groups is 2. The first-order chi connectivity index (χ1) is 13.0. The van der Waals surface area contributed by atoms with Crippen molar-refractivity contribution in [2.45, 2.75) is 71.1 Å². The number of rotatable bonds is 16. The highest BCUT2D eigenvalue weighted by atomic mass is 16.6. The van der Waals surface area contributed by atoms with E-state index < -0.39 is 4.92 Å². The Morgan fingerprint density at radius 2 is 1.44 bits per heavy atom. The zero-order valence-electron chi connectivity index (χ0n) is 16.0. The van der Waals surface area contributed by atoms with Crippen molar-refractivity contribution in [2.24, 2.45) is 0 Å². The molecule has 0 radical (unpaired) electrons. The summed E-state index contributed by atoms with van der Waals surface area (Å²) in [5.41, 5.74) is 0.248. The average Bonchev–Trinajstić information content (AvgIpc) is 2.63. The van der Waals surface area contributed by atoms with E-state index in [0.29, 0.717) is 32.1 Å². The molecule has 0 bridgehead atoms. The van der Waals surface area contributed by atoms with Gasteiger partial charge in [-0.15, -0.1) is 0 Å². The largest absolute Gasteiger partial charge is 0.303 e. The predicted molar refractivity (Wildman–Crippen MR) is 106 cm³/mol. The molecule has 0 atom stereocenters. The molecular formula is C20H30N2O5. The van der Waals surface area contributed by atoms with Crippen LogP contribution in [0.15, 0.2) is 47.9 Å². The van der Waals surface area contributed by atoms with E-state index in [0.717, 1.165) is 32.0 Å². The fraction of sp³-hybridized carbons (Fsp3) is 0.550. The third-order valence-electron chi connectivity index (χ3n) is 3.84. The summed E-state index contributed by atoms with van der Waals surface area (Å²) in [6.45, 7) is 2.13. The van der Waals surface area contributed by atoms with Gasteiger partial charge in [0.2, 0.25) is 11.4 Å². The minimum absolute atomic E-state index is 0.0937. The van der Waals surface area contributed by atoms with Crippen molar-refractivity contribution in [3.8, 4) is 0 Å². The maximum Gasteiger partial charge on any atom is 0.246 e. The Morgan fingerprint density at radius 1 is 0.815 bits per heavy atom. The van der Waals surface area contributed by atoms with Crippen molar-refractivity contribution in [2.75, 3.05) is 0 Å². The summed E-state index contributed by atoms with van der Waals surface area (Å²) >= 11 is 0. The lowest BCUT2D eigenvalue weighted by Crippen LogP contribution is -1.98. The van der Waals surface area contributed by atoms with Gasteiger partial charge in [-0.2, -0.15) is 0 Å². The van der Waals surface area contributed by atoms with E-state index in [4.69, 9.17) is 0 Å². The Hall–Kier alpha value is -2.57. The van der Waals surface area contributed by atoms with Crippen LogP contribution in [-0.2, 0) is 4.79 Å². The Kier molecular flexibility index (Phi) is 15.3. The highest BCUT2D eigenvalue weighted by molar-refractivity contribution is 5.49. The van der Waals surface area contributed by atoms with Gasteiger partial charge in [0.1, 0.15) is 6.29 Å². The van der Waals surface area contributed by atoms with E-state index in [-0.39, 0.29) is 22.7 Å². The Morgan fingerprint density at radius 3 is 2.00 bits per heavy atom. The quantitative estimate of drug-likeness (QED) is 0.115. The number of aldehydes is 1. The lowest BCUT2D eigenvalue weighted by Gasteiger charge is -1.96. The molecule has 0 N–H and O–H groups in total. The van der Waals surface area contributed by atoms with Gasteiger partial charge in [-0.05, 0) is 44.3 Å². The van der Waals surface area contributed by atoms with Gasteiger partial charge in [0.25, 0.3) is 0 Å². The first-order valence-corrected chi connectivity index (χ1v) is 9.43. The SMILES string of the molecule is CCCCC/C=C/C/C(=C/C/C=C/C/C=C(/CCCC=O)[N+](=O)[O-])[N+](=O)[O-]. The summed E-state index contributed by atoms with van der Waals surface area (Å²) in [4.78, 5) is 31.4. The van der Waals surface area contributed by atoms with Crippen LogP contribution in [0.3, 0.4) is 0 Å². The maximum atomic E-state index is 11.0. The Balaban J connectivity index is 4.41. The van der Waals surface area contributed by atoms with Crippen LogP contribution in [0.4, 0.5) is 0 Å². The molecule has 0 aliphatic carbocycles. The van der Waals surface area contributed by atoms with Gasteiger partial charge in [0.15, 0.2) is 0 Å². The molecule has 27 heavy (non-hydrogen) atoms. The van der Waals surface area contributed by atoms with Crippen molar-refractivity contribution in [3.63, 3.8) is 0 Å². The van der Waals surface area contributed by atoms with Gasteiger partial charge in [0.05, 0.1) is 16.3 Å². The zero-order chi connectivity index (χ0) is 20.3. The molecule has 0 aromatic heterocycles. The van der Waals surface area contributed by atoms with Crippen LogP contribution >= 0.6 is 0 Å². The van der Waals surface area contributed by atoms with Crippen molar-refractivity contribution in [3.05, 3.63) is 68.1 Å². The Labute approximate surface area is 160 Å². The minimum atomic E-state index is -0.434. The smallest absolute Gasteiger partial charge is 0.246 e. The number of hydrogen-bond donors (Lipinski definition) is 0. The molecular weight excluding hydrogens is 348 g/mol. The highest BCUT2D eigenvalue weighted by Gasteiger charge is 2.08. The summed E-state index contributed by atoms with van der Waals surface area (Å²) in [5.74, 6) is 0. The van der Waals surface area contributed by atoms with Crippen molar-refractivity contribution < 1.29 is 14.6 Å². The molecule has 0 aliphatic rings. The van der Waals surface area contributed by atoms with E-state index in [1.807, 2.05) is 12.2 Å². The Bertz CT molecular complexity index is 577. The summed E-state index contributed by atoms with van der Waals surface area (Å²) in [6.07, 6.45) is 17.6. The molecule has 0 spiro atoms. The van der Waals surface area contributed by atoms with Gasteiger partial charge in [-0.1, -0.05) is 44.1 Å². The first-order valence-electron chi connectivity index (χ1n) is 9.43. The lowest BCUT2D eigenvalue weighted by molar-refractivity contribution is -0.428. The molecule has 7 heteroatoms. The monoisotopic (exact) mass is 378 g/mol. The molecule has 0 aliphatic heterocycles. The van der Waals surface area contributed by atoms with Crippen molar-refractivity contribution >= 4 is 6.29 Å². The molecule has 0 unspecified atom stereocenters. The molecule has 7 nitrogen and oxygen atoms in total. The number of carbonyl (C=O) groups is 1. The average molecular weight is 378 g/mol. The molecule has 0 aromatic carbocycles. The van der Waals surface area contributed by atoms with Crippen molar-refractivity contribution in [1.29, 1.82) is 0 Å². The maximum absolute atomic E-state index is 11.0. The molecule has 0 heterocycles. The van der Waals surface area contributed by atoms with Crippen LogP contribution < -0.4 is 0 Å². The third-order valence-corrected chi connectivity index (χ3v) is 3.84.